The summed E-state index contributed by atoms with van der Waals surface area (Å²) in [6, 6.07) is 11.2. The maximum Gasteiger partial charge on any atom is 0.118 e. The highest BCUT2D eigenvalue weighted by molar-refractivity contribution is 6.76. The van der Waals surface area contributed by atoms with Crippen molar-refractivity contribution in [2.24, 2.45) is 11.8 Å². The summed E-state index contributed by atoms with van der Waals surface area (Å²) in [5.74, 6) is 2.38. The molecule has 0 N–H and O–H groups in total. The summed E-state index contributed by atoms with van der Waals surface area (Å²) in [6.07, 6.45) is 4.40. The minimum atomic E-state index is -1.19. The van der Waals surface area contributed by atoms with E-state index in [1.807, 2.05) is 0 Å². The van der Waals surface area contributed by atoms with E-state index in [0.29, 0.717) is 17.8 Å². The molecular weight excluding hydrogens is 336 g/mol. The maximum atomic E-state index is 5.36. The van der Waals surface area contributed by atoms with Gasteiger partial charge in [-0.2, -0.15) is 0 Å². The summed E-state index contributed by atoms with van der Waals surface area (Å²) in [7, 11) is -0.658. The molecule has 0 aliphatic heterocycles. The smallest absolute Gasteiger partial charge is 0.118 e. The van der Waals surface area contributed by atoms with E-state index in [2.05, 4.69) is 88.9 Å². The van der Waals surface area contributed by atoms with Gasteiger partial charge in [-0.25, -0.2) is 0 Å². The van der Waals surface area contributed by atoms with Crippen molar-refractivity contribution < 1.29 is 4.74 Å². The Hall–Kier alpha value is -1.07. The zero-order valence-corrected chi connectivity index (χ0v) is 19.4. The number of rotatable bonds is 10. The highest BCUT2D eigenvalue weighted by Crippen LogP contribution is 2.42. The third-order valence-electron chi connectivity index (χ3n) is 4.72. The molecule has 0 aliphatic rings. The van der Waals surface area contributed by atoms with Crippen LogP contribution in [0.5, 0.6) is 5.75 Å². The van der Waals surface area contributed by atoms with Gasteiger partial charge in [0.05, 0.1) is 7.11 Å². The third kappa shape index (κ3) is 7.37. The SMILES string of the molecule is C=CC(C[Si](C)(C)C)C(c1ccc(OC)cc1)C(C=C)C[Si](C)(C)C. The van der Waals surface area contributed by atoms with Crippen LogP contribution in [0.15, 0.2) is 49.6 Å². The molecule has 1 nitrogen and oxygen atoms in total. The molecule has 1 aromatic rings. The number of hydrogen-bond acceptors (Lipinski definition) is 1. The van der Waals surface area contributed by atoms with E-state index in [4.69, 9.17) is 4.74 Å². The van der Waals surface area contributed by atoms with E-state index in [0.717, 1.165) is 5.75 Å². The summed E-state index contributed by atoms with van der Waals surface area (Å²) in [5.41, 5.74) is 1.40. The standard InChI is InChI=1S/C22H38OSi2/c1-10-18(16-24(4,5)6)22(19(11-2)17-25(7,8)9)20-12-14-21(23-3)15-13-20/h10-15,18-19,22H,1-2,16-17H2,3-9H3. The van der Waals surface area contributed by atoms with Crippen molar-refractivity contribution in [2.45, 2.75) is 57.3 Å². The van der Waals surface area contributed by atoms with Gasteiger partial charge in [0.15, 0.2) is 0 Å². The van der Waals surface area contributed by atoms with Gasteiger partial charge < -0.3 is 4.74 Å². The second-order valence-corrected chi connectivity index (χ2v) is 20.7. The number of hydrogen-bond donors (Lipinski definition) is 0. The lowest BCUT2D eigenvalue weighted by Gasteiger charge is -2.36. The predicted octanol–water partition coefficient (Wildman–Crippen LogP) is 7.06. The van der Waals surface area contributed by atoms with Crippen LogP contribution in [-0.2, 0) is 0 Å². The van der Waals surface area contributed by atoms with Crippen LogP contribution in [0.4, 0.5) is 0 Å². The first-order valence-electron chi connectivity index (χ1n) is 9.40. The van der Waals surface area contributed by atoms with E-state index in [-0.39, 0.29) is 0 Å². The number of ether oxygens (including phenoxy) is 1. The first-order chi connectivity index (χ1) is 11.5. The van der Waals surface area contributed by atoms with Gasteiger partial charge in [-0.3, -0.25) is 0 Å². The molecule has 0 radical (unpaired) electrons. The molecule has 140 valence electrons. The molecule has 25 heavy (non-hydrogen) atoms. The fraction of sp³-hybridized carbons (Fsp3) is 0.545. The van der Waals surface area contributed by atoms with Crippen molar-refractivity contribution in [3.63, 3.8) is 0 Å². The molecule has 0 bridgehead atoms. The molecule has 0 aliphatic carbocycles. The zero-order chi connectivity index (χ0) is 19.3. The molecule has 0 fully saturated rings. The summed E-state index contributed by atoms with van der Waals surface area (Å²) in [6.45, 7) is 23.2. The molecule has 2 atom stereocenters. The Kier molecular flexibility index (Phi) is 7.95. The van der Waals surface area contributed by atoms with Crippen molar-refractivity contribution in [2.75, 3.05) is 7.11 Å². The Morgan fingerprint density at radius 2 is 1.24 bits per heavy atom. The Morgan fingerprint density at radius 3 is 1.52 bits per heavy atom. The average molecular weight is 375 g/mol. The molecule has 0 amide bonds. The van der Waals surface area contributed by atoms with E-state index >= 15 is 0 Å². The maximum absolute atomic E-state index is 5.36. The van der Waals surface area contributed by atoms with Crippen LogP contribution >= 0.6 is 0 Å². The van der Waals surface area contributed by atoms with Gasteiger partial charge in [-0.05, 0) is 35.4 Å². The van der Waals surface area contributed by atoms with E-state index in [1.54, 1.807) is 7.11 Å². The van der Waals surface area contributed by atoms with Crippen LogP contribution in [0.1, 0.15) is 11.5 Å². The van der Waals surface area contributed by atoms with Crippen molar-refractivity contribution in [1.29, 1.82) is 0 Å². The Balaban J connectivity index is 3.31. The predicted molar refractivity (Wildman–Crippen MR) is 119 cm³/mol. The van der Waals surface area contributed by atoms with Gasteiger partial charge >= 0.3 is 0 Å². The number of allylic oxidation sites excluding steroid dienone is 2. The molecule has 3 heteroatoms. The van der Waals surface area contributed by atoms with Gasteiger partial charge in [0.1, 0.15) is 5.75 Å². The summed E-state index contributed by atoms with van der Waals surface area (Å²) in [5, 5.41) is 0. The lowest BCUT2D eigenvalue weighted by Crippen LogP contribution is -2.32. The number of benzene rings is 1. The van der Waals surface area contributed by atoms with Crippen LogP contribution in [0, 0.1) is 11.8 Å². The van der Waals surface area contributed by atoms with E-state index in [9.17, 15) is 0 Å². The molecule has 2 unspecified atom stereocenters. The van der Waals surface area contributed by atoms with Crippen LogP contribution in [0.2, 0.25) is 51.4 Å². The third-order valence-corrected chi connectivity index (χ3v) is 8.12. The molecule has 0 saturated heterocycles. The molecule has 1 aromatic carbocycles. The minimum Gasteiger partial charge on any atom is -0.497 e. The monoisotopic (exact) mass is 374 g/mol. The first-order valence-corrected chi connectivity index (χ1v) is 16.8. The van der Waals surface area contributed by atoms with E-state index < -0.39 is 16.1 Å². The Morgan fingerprint density at radius 1 is 0.840 bits per heavy atom. The highest BCUT2D eigenvalue weighted by Gasteiger charge is 2.33. The normalized spacial score (nSPS) is 16.0. The first kappa shape index (κ1) is 22.0. The van der Waals surface area contributed by atoms with Crippen LogP contribution in [0.3, 0.4) is 0 Å². The van der Waals surface area contributed by atoms with Gasteiger partial charge in [-0.1, -0.05) is 75.7 Å². The quantitative estimate of drug-likeness (QED) is 0.314. The number of methoxy groups -OCH3 is 1. The zero-order valence-electron chi connectivity index (χ0n) is 17.4. The van der Waals surface area contributed by atoms with Crippen molar-refractivity contribution in [3.8, 4) is 5.75 Å². The fourth-order valence-electron chi connectivity index (χ4n) is 3.77. The second kappa shape index (κ2) is 9.04. The molecule has 1 rings (SSSR count). The summed E-state index contributed by atoms with van der Waals surface area (Å²) >= 11 is 0. The van der Waals surface area contributed by atoms with Gasteiger partial charge in [0.25, 0.3) is 0 Å². The Labute approximate surface area is 158 Å². The lowest BCUT2D eigenvalue weighted by molar-refractivity contribution is 0.412. The van der Waals surface area contributed by atoms with Gasteiger partial charge in [0.2, 0.25) is 0 Å². The van der Waals surface area contributed by atoms with Crippen LogP contribution < -0.4 is 4.74 Å². The van der Waals surface area contributed by atoms with Crippen molar-refractivity contribution >= 4 is 16.1 Å². The minimum absolute atomic E-state index is 0.458. The fourth-order valence-corrected chi connectivity index (χ4v) is 7.44. The summed E-state index contributed by atoms with van der Waals surface area (Å²) in [4.78, 5) is 0. The molecule has 0 aromatic heterocycles. The van der Waals surface area contributed by atoms with Crippen molar-refractivity contribution in [1.82, 2.24) is 0 Å². The second-order valence-electron chi connectivity index (χ2n) is 9.63. The molecule has 0 heterocycles. The Bertz CT molecular complexity index is 521. The molecular formula is C22H38OSi2. The van der Waals surface area contributed by atoms with Crippen LogP contribution in [-0.4, -0.2) is 23.3 Å². The van der Waals surface area contributed by atoms with Gasteiger partial charge in [-0.15, -0.1) is 13.2 Å². The average Bonchev–Trinajstić information content (AvgIpc) is 2.51. The van der Waals surface area contributed by atoms with Crippen molar-refractivity contribution in [3.05, 3.63) is 55.1 Å². The topological polar surface area (TPSA) is 9.23 Å². The molecule has 0 saturated carbocycles. The van der Waals surface area contributed by atoms with E-state index in [1.165, 1.54) is 17.7 Å². The lowest BCUT2D eigenvalue weighted by atomic mass is 9.78. The van der Waals surface area contributed by atoms with Gasteiger partial charge in [0, 0.05) is 16.1 Å². The largest absolute Gasteiger partial charge is 0.497 e. The van der Waals surface area contributed by atoms with Crippen LogP contribution in [0.25, 0.3) is 0 Å². The highest BCUT2D eigenvalue weighted by atomic mass is 28.3. The molecule has 0 spiro atoms. The summed E-state index contributed by atoms with van der Waals surface area (Å²) < 4.78 is 5.36.